The van der Waals surface area contributed by atoms with E-state index in [2.05, 4.69) is 46.4 Å². The number of hydrogen-bond acceptors (Lipinski definition) is 5. The van der Waals surface area contributed by atoms with Crippen LogP contribution in [-0.2, 0) is 20.4 Å². The average molecular weight is 320 g/mol. The predicted molar refractivity (Wildman–Crippen MR) is 90.6 cm³/mol. The van der Waals surface area contributed by atoms with Crippen LogP contribution in [0.5, 0.6) is 0 Å². The van der Waals surface area contributed by atoms with Gasteiger partial charge in [-0.05, 0) is 0 Å². The fraction of sp³-hybridized carbons (Fsp3) is 0.706. The van der Waals surface area contributed by atoms with E-state index in [1.165, 1.54) is 0 Å². The SMILES string of the molecule is CC(C)(C)c1cc(N2CCO[C@@H](C(N)=O)C2)nc(C(C)(C)C)n1. The van der Waals surface area contributed by atoms with Crippen LogP contribution < -0.4 is 10.6 Å². The van der Waals surface area contributed by atoms with Gasteiger partial charge in [0, 0.05) is 23.4 Å². The highest BCUT2D eigenvalue weighted by atomic mass is 16.5. The van der Waals surface area contributed by atoms with Crippen molar-refractivity contribution < 1.29 is 9.53 Å². The standard InChI is InChI=1S/C17H28N4O2/c1-16(2,3)12-9-13(20-15(19-12)17(4,5)6)21-7-8-23-11(10-21)14(18)22/h9,11H,7-8,10H2,1-6H3,(H2,18,22)/t11-/m1/s1. The lowest BCUT2D eigenvalue weighted by Gasteiger charge is -2.34. The molecule has 1 atom stereocenters. The summed E-state index contributed by atoms with van der Waals surface area (Å²) >= 11 is 0. The number of anilines is 1. The van der Waals surface area contributed by atoms with Gasteiger partial charge in [0.05, 0.1) is 18.8 Å². The minimum atomic E-state index is -0.588. The molecule has 0 aromatic carbocycles. The van der Waals surface area contributed by atoms with Crippen molar-refractivity contribution in [2.75, 3.05) is 24.6 Å². The zero-order valence-electron chi connectivity index (χ0n) is 15.0. The van der Waals surface area contributed by atoms with Gasteiger partial charge in [-0.3, -0.25) is 4.79 Å². The van der Waals surface area contributed by atoms with Crippen LogP contribution in [0, 0.1) is 0 Å². The number of rotatable bonds is 2. The van der Waals surface area contributed by atoms with E-state index >= 15 is 0 Å². The number of carbonyl (C=O) groups is 1. The Labute approximate surface area is 138 Å². The third-order valence-corrected chi connectivity index (χ3v) is 3.86. The van der Waals surface area contributed by atoms with Crippen LogP contribution in [0.15, 0.2) is 6.07 Å². The monoisotopic (exact) mass is 320 g/mol. The zero-order valence-corrected chi connectivity index (χ0v) is 15.0. The second-order valence-electron chi connectivity index (χ2n) is 8.14. The minimum Gasteiger partial charge on any atom is -0.367 e. The third kappa shape index (κ3) is 4.19. The molecule has 1 fully saturated rings. The number of carbonyl (C=O) groups excluding carboxylic acids is 1. The zero-order chi connectivity index (χ0) is 17.4. The van der Waals surface area contributed by atoms with E-state index < -0.39 is 12.0 Å². The molecule has 1 aliphatic heterocycles. The van der Waals surface area contributed by atoms with Crippen molar-refractivity contribution in [1.82, 2.24) is 9.97 Å². The summed E-state index contributed by atoms with van der Waals surface area (Å²) in [5.41, 5.74) is 6.15. The summed E-state index contributed by atoms with van der Waals surface area (Å²) in [7, 11) is 0. The van der Waals surface area contributed by atoms with E-state index in [4.69, 9.17) is 20.4 Å². The highest BCUT2D eigenvalue weighted by Gasteiger charge is 2.29. The van der Waals surface area contributed by atoms with Crippen LogP contribution in [0.1, 0.15) is 53.1 Å². The Balaban J connectivity index is 2.43. The van der Waals surface area contributed by atoms with E-state index in [9.17, 15) is 4.79 Å². The van der Waals surface area contributed by atoms with Crippen LogP contribution in [-0.4, -0.2) is 41.7 Å². The van der Waals surface area contributed by atoms with E-state index in [0.717, 1.165) is 17.3 Å². The molecule has 0 saturated carbocycles. The molecule has 0 radical (unpaired) electrons. The maximum absolute atomic E-state index is 11.4. The molecule has 0 aliphatic carbocycles. The predicted octanol–water partition coefficient (Wildman–Crippen LogP) is 1.76. The lowest BCUT2D eigenvalue weighted by molar-refractivity contribution is -0.130. The maximum atomic E-state index is 11.4. The Hall–Kier alpha value is -1.69. The Bertz CT molecular complexity index is 555. The van der Waals surface area contributed by atoms with Crippen molar-refractivity contribution >= 4 is 11.7 Å². The van der Waals surface area contributed by atoms with E-state index in [0.29, 0.717) is 19.7 Å². The van der Waals surface area contributed by atoms with Gasteiger partial charge >= 0.3 is 0 Å². The Morgan fingerprint density at radius 1 is 1.22 bits per heavy atom. The molecule has 2 heterocycles. The summed E-state index contributed by atoms with van der Waals surface area (Å²) in [6.07, 6.45) is -0.588. The van der Waals surface area contributed by atoms with Crippen LogP contribution >= 0.6 is 0 Å². The van der Waals surface area contributed by atoms with Crippen molar-refractivity contribution in [3.05, 3.63) is 17.6 Å². The van der Waals surface area contributed by atoms with Crippen LogP contribution in [0.25, 0.3) is 0 Å². The number of ether oxygens (including phenoxy) is 1. The fourth-order valence-electron chi connectivity index (χ4n) is 2.35. The topological polar surface area (TPSA) is 81.3 Å². The summed E-state index contributed by atoms with van der Waals surface area (Å²) < 4.78 is 5.43. The van der Waals surface area contributed by atoms with Crippen LogP contribution in [0.3, 0.4) is 0 Å². The highest BCUT2D eigenvalue weighted by Crippen LogP contribution is 2.28. The second kappa shape index (κ2) is 6.07. The number of nitrogens with two attached hydrogens (primary N) is 1. The first-order valence-electron chi connectivity index (χ1n) is 8.04. The van der Waals surface area contributed by atoms with Gasteiger partial charge in [0.2, 0.25) is 5.91 Å². The Morgan fingerprint density at radius 2 is 1.87 bits per heavy atom. The molecular formula is C17H28N4O2. The summed E-state index contributed by atoms with van der Waals surface area (Å²) in [4.78, 5) is 23.0. The van der Waals surface area contributed by atoms with Crippen molar-refractivity contribution in [3.63, 3.8) is 0 Å². The number of nitrogens with zero attached hydrogens (tertiary/aromatic N) is 3. The van der Waals surface area contributed by atoms with Crippen LogP contribution in [0.2, 0.25) is 0 Å². The molecule has 1 aromatic heterocycles. The Kier molecular flexibility index (Phi) is 4.66. The molecule has 1 aliphatic rings. The summed E-state index contributed by atoms with van der Waals surface area (Å²) in [5, 5.41) is 0. The number of amides is 1. The molecule has 0 spiro atoms. The number of primary amides is 1. The summed E-state index contributed by atoms with van der Waals surface area (Å²) in [6.45, 7) is 14.3. The molecule has 2 N–H and O–H groups in total. The lowest BCUT2D eigenvalue weighted by atomic mass is 9.90. The van der Waals surface area contributed by atoms with Crippen molar-refractivity contribution in [2.45, 2.75) is 58.5 Å². The van der Waals surface area contributed by atoms with Gasteiger partial charge in [-0.15, -0.1) is 0 Å². The molecule has 2 rings (SSSR count). The number of aromatic nitrogens is 2. The maximum Gasteiger partial charge on any atom is 0.248 e. The van der Waals surface area contributed by atoms with E-state index in [1.54, 1.807) is 0 Å². The number of hydrogen-bond donors (Lipinski definition) is 1. The molecule has 0 bridgehead atoms. The summed E-state index contributed by atoms with van der Waals surface area (Å²) in [6, 6.07) is 2.01. The molecular weight excluding hydrogens is 292 g/mol. The molecule has 1 amide bonds. The van der Waals surface area contributed by atoms with Gasteiger partial charge in [0.25, 0.3) is 0 Å². The smallest absolute Gasteiger partial charge is 0.248 e. The second-order valence-corrected chi connectivity index (χ2v) is 8.14. The van der Waals surface area contributed by atoms with Crippen LogP contribution in [0.4, 0.5) is 5.82 Å². The first-order valence-corrected chi connectivity index (χ1v) is 8.04. The van der Waals surface area contributed by atoms with Crippen molar-refractivity contribution in [1.29, 1.82) is 0 Å². The number of morpholine rings is 1. The average Bonchev–Trinajstić information content (AvgIpc) is 2.45. The molecule has 23 heavy (non-hydrogen) atoms. The van der Waals surface area contributed by atoms with Crippen molar-refractivity contribution in [2.24, 2.45) is 5.73 Å². The van der Waals surface area contributed by atoms with E-state index in [1.807, 2.05) is 6.07 Å². The largest absolute Gasteiger partial charge is 0.367 e. The van der Waals surface area contributed by atoms with Gasteiger partial charge in [-0.25, -0.2) is 9.97 Å². The van der Waals surface area contributed by atoms with Gasteiger partial charge in [0.1, 0.15) is 11.6 Å². The van der Waals surface area contributed by atoms with E-state index in [-0.39, 0.29) is 10.8 Å². The molecule has 128 valence electrons. The highest BCUT2D eigenvalue weighted by molar-refractivity contribution is 5.79. The summed E-state index contributed by atoms with van der Waals surface area (Å²) in [5.74, 6) is 1.21. The molecule has 1 saturated heterocycles. The lowest BCUT2D eigenvalue weighted by Crippen LogP contribution is -2.49. The molecule has 6 heteroatoms. The van der Waals surface area contributed by atoms with Gasteiger partial charge < -0.3 is 15.4 Å². The quantitative estimate of drug-likeness (QED) is 0.898. The van der Waals surface area contributed by atoms with Gasteiger partial charge in [-0.2, -0.15) is 0 Å². The molecule has 1 aromatic rings. The normalized spacial score (nSPS) is 19.7. The first kappa shape index (κ1) is 17.7. The Morgan fingerprint density at radius 3 is 2.39 bits per heavy atom. The van der Waals surface area contributed by atoms with Gasteiger partial charge in [-0.1, -0.05) is 41.5 Å². The molecule has 0 unspecified atom stereocenters. The van der Waals surface area contributed by atoms with Gasteiger partial charge in [0.15, 0.2) is 6.10 Å². The first-order chi connectivity index (χ1) is 10.5. The fourth-order valence-corrected chi connectivity index (χ4v) is 2.35. The molecule has 6 nitrogen and oxygen atoms in total. The third-order valence-electron chi connectivity index (χ3n) is 3.86. The van der Waals surface area contributed by atoms with Crippen molar-refractivity contribution in [3.8, 4) is 0 Å². The minimum absolute atomic E-state index is 0.0763.